The summed E-state index contributed by atoms with van der Waals surface area (Å²) in [7, 11) is 0. The van der Waals surface area contributed by atoms with Gasteiger partial charge >= 0.3 is 0 Å². The van der Waals surface area contributed by atoms with Crippen molar-refractivity contribution in [2.24, 2.45) is 5.92 Å². The molecule has 3 heterocycles. The average Bonchev–Trinajstić information content (AvgIpc) is 3.50. The number of hydrogen-bond donors (Lipinski definition) is 0. The minimum Gasteiger partial charge on any atom is -0.486 e. The van der Waals surface area contributed by atoms with E-state index < -0.39 is 0 Å². The van der Waals surface area contributed by atoms with Crippen molar-refractivity contribution in [1.82, 2.24) is 24.8 Å². The highest BCUT2D eigenvalue weighted by molar-refractivity contribution is 5.92. The highest BCUT2D eigenvalue weighted by Gasteiger charge is 2.41. The van der Waals surface area contributed by atoms with Crippen LogP contribution in [0.1, 0.15) is 35.5 Å². The van der Waals surface area contributed by atoms with Crippen LogP contribution in [0.3, 0.4) is 0 Å². The SMILES string of the molecule is O=C(c1cc(COc2ccc(-n3cncn3)cc2)on1)N1C[C@H]2CC[C@H]1C2. The molecule has 2 aliphatic rings. The number of likely N-dealkylation sites (tertiary alicyclic amines) is 1. The van der Waals surface area contributed by atoms with Crippen LogP contribution in [-0.2, 0) is 6.61 Å². The molecule has 27 heavy (non-hydrogen) atoms. The molecule has 1 aliphatic carbocycles. The summed E-state index contributed by atoms with van der Waals surface area (Å²) in [4.78, 5) is 18.5. The Morgan fingerprint density at radius 3 is 2.85 bits per heavy atom. The first-order valence-corrected chi connectivity index (χ1v) is 9.11. The Balaban J connectivity index is 1.20. The topological polar surface area (TPSA) is 86.3 Å². The molecule has 1 saturated carbocycles. The van der Waals surface area contributed by atoms with E-state index in [0.29, 0.717) is 29.2 Å². The molecular weight excluding hydrogens is 346 g/mol. The summed E-state index contributed by atoms with van der Waals surface area (Å²) in [6.45, 7) is 1.06. The summed E-state index contributed by atoms with van der Waals surface area (Å²) in [6.07, 6.45) is 6.59. The number of aromatic nitrogens is 4. The summed E-state index contributed by atoms with van der Waals surface area (Å²) in [5, 5.41) is 8.02. The maximum absolute atomic E-state index is 12.6. The van der Waals surface area contributed by atoms with Gasteiger partial charge in [0.15, 0.2) is 11.5 Å². The van der Waals surface area contributed by atoms with Gasteiger partial charge in [0, 0.05) is 18.7 Å². The third-order valence-corrected chi connectivity index (χ3v) is 5.35. The van der Waals surface area contributed by atoms with Crippen molar-refractivity contribution in [3.8, 4) is 11.4 Å². The van der Waals surface area contributed by atoms with Crippen molar-refractivity contribution in [1.29, 1.82) is 0 Å². The van der Waals surface area contributed by atoms with E-state index in [1.165, 1.54) is 12.7 Å². The van der Waals surface area contributed by atoms with Crippen LogP contribution in [0.2, 0.25) is 0 Å². The number of piperidine rings is 1. The molecule has 8 heteroatoms. The Bertz CT molecular complexity index is 935. The second-order valence-electron chi connectivity index (χ2n) is 7.09. The minimum atomic E-state index is -0.0330. The first-order chi connectivity index (χ1) is 13.3. The average molecular weight is 365 g/mol. The van der Waals surface area contributed by atoms with Gasteiger partial charge in [-0.05, 0) is 49.4 Å². The first kappa shape index (κ1) is 16.0. The predicted molar refractivity (Wildman–Crippen MR) is 94.4 cm³/mol. The summed E-state index contributed by atoms with van der Waals surface area (Å²) in [5.74, 6) is 1.85. The van der Waals surface area contributed by atoms with Crippen LogP contribution in [0, 0.1) is 5.92 Å². The number of amides is 1. The zero-order valence-corrected chi connectivity index (χ0v) is 14.7. The third-order valence-electron chi connectivity index (χ3n) is 5.35. The molecular formula is C19H19N5O3. The molecule has 5 rings (SSSR count). The molecule has 0 radical (unpaired) electrons. The summed E-state index contributed by atoms with van der Waals surface area (Å²) in [5.41, 5.74) is 1.26. The number of fused-ring (bicyclic) bond motifs is 2. The van der Waals surface area contributed by atoms with E-state index in [4.69, 9.17) is 9.26 Å². The van der Waals surface area contributed by atoms with E-state index in [-0.39, 0.29) is 12.5 Å². The molecule has 2 aromatic heterocycles. The predicted octanol–water partition coefficient (Wildman–Crippen LogP) is 2.46. The van der Waals surface area contributed by atoms with Crippen LogP contribution < -0.4 is 4.74 Å². The fourth-order valence-electron chi connectivity index (χ4n) is 3.99. The van der Waals surface area contributed by atoms with Gasteiger partial charge in [-0.15, -0.1) is 0 Å². The van der Waals surface area contributed by atoms with E-state index in [1.807, 2.05) is 29.2 Å². The maximum Gasteiger partial charge on any atom is 0.276 e. The standard InChI is InChI=1S/C19H19N5O3/c25-19(23-9-13-1-2-15(23)7-13)18-8-17(27-22-18)10-26-16-5-3-14(4-6-16)24-12-20-11-21-24/h3-6,8,11-13,15H,1-2,7,9-10H2/t13-,15-/m0/s1. The Morgan fingerprint density at radius 1 is 1.26 bits per heavy atom. The van der Waals surface area contributed by atoms with Crippen molar-refractivity contribution in [3.05, 3.63) is 54.4 Å². The summed E-state index contributed by atoms with van der Waals surface area (Å²) in [6, 6.07) is 9.53. The van der Waals surface area contributed by atoms with Gasteiger partial charge in [0.1, 0.15) is 25.0 Å². The molecule has 138 valence electrons. The maximum atomic E-state index is 12.6. The quantitative estimate of drug-likeness (QED) is 0.690. The van der Waals surface area contributed by atoms with E-state index in [0.717, 1.165) is 25.1 Å². The van der Waals surface area contributed by atoms with Gasteiger partial charge in [-0.1, -0.05) is 5.16 Å². The highest BCUT2D eigenvalue weighted by Crippen LogP contribution is 2.38. The molecule has 0 spiro atoms. The van der Waals surface area contributed by atoms with Crippen molar-refractivity contribution in [3.63, 3.8) is 0 Å². The van der Waals surface area contributed by atoms with Crippen molar-refractivity contribution < 1.29 is 14.1 Å². The van der Waals surface area contributed by atoms with Gasteiger partial charge in [0.25, 0.3) is 5.91 Å². The van der Waals surface area contributed by atoms with Crippen molar-refractivity contribution in [2.45, 2.75) is 31.9 Å². The number of carbonyl (C=O) groups is 1. The van der Waals surface area contributed by atoms with Crippen LogP contribution >= 0.6 is 0 Å². The van der Waals surface area contributed by atoms with Gasteiger partial charge in [-0.25, -0.2) is 9.67 Å². The Hall–Kier alpha value is -3.16. The number of ether oxygens (including phenoxy) is 1. The lowest BCUT2D eigenvalue weighted by atomic mass is 10.1. The summed E-state index contributed by atoms with van der Waals surface area (Å²) < 4.78 is 12.7. The van der Waals surface area contributed by atoms with E-state index >= 15 is 0 Å². The Morgan fingerprint density at radius 2 is 2.15 bits per heavy atom. The van der Waals surface area contributed by atoms with Crippen molar-refractivity contribution >= 4 is 5.91 Å². The number of hydrogen-bond acceptors (Lipinski definition) is 6. The lowest BCUT2D eigenvalue weighted by molar-refractivity contribution is 0.0692. The van der Waals surface area contributed by atoms with E-state index in [9.17, 15) is 4.79 Å². The van der Waals surface area contributed by atoms with Gasteiger partial charge < -0.3 is 14.2 Å². The minimum absolute atomic E-state index is 0.0330. The fraction of sp³-hybridized carbons (Fsp3) is 0.368. The molecule has 2 fully saturated rings. The number of benzene rings is 1. The van der Waals surface area contributed by atoms with Crippen LogP contribution in [0.15, 0.2) is 47.5 Å². The van der Waals surface area contributed by atoms with Crippen LogP contribution in [0.4, 0.5) is 0 Å². The fourth-order valence-corrected chi connectivity index (χ4v) is 3.99. The van der Waals surface area contributed by atoms with Gasteiger partial charge in [0.05, 0.1) is 5.69 Å². The summed E-state index contributed by atoms with van der Waals surface area (Å²) >= 11 is 0. The molecule has 2 atom stereocenters. The molecule has 1 aromatic carbocycles. The lowest BCUT2D eigenvalue weighted by Gasteiger charge is -2.25. The second kappa shape index (κ2) is 6.53. The van der Waals surface area contributed by atoms with Crippen molar-refractivity contribution in [2.75, 3.05) is 6.54 Å². The smallest absolute Gasteiger partial charge is 0.276 e. The van der Waals surface area contributed by atoms with Crippen LogP contribution in [-0.4, -0.2) is 43.3 Å². The second-order valence-corrected chi connectivity index (χ2v) is 7.09. The molecule has 3 aromatic rings. The molecule has 1 aliphatic heterocycles. The third kappa shape index (κ3) is 3.07. The first-order valence-electron chi connectivity index (χ1n) is 9.11. The zero-order valence-electron chi connectivity index (χ0n) is 14.7. The Labute approximate surface area is 155 Å². The molecule has 0 N–H and O–H groups in total. The number of rotatable bonds is 5. The molecule has 8 nitrogen and oxygen atoms in total. The molecule has 1 amide bonds. The molecule has 1 saturated heterocycles. The monoisotopic (exact) mass is 365 g/mol. The van der Waals surface area contributed by atoms with Crippen LogP contribution in [0.5, 0.6) is 5.75 Å². The normalized spacial score (nSPS) is 21.0. The number of carbonyl (C=O) groups excluding carboxylic acids is 1. The largest absolute Gasteiger partial charge is 0.486 e. The Kier molecular flexibility index (Phi) is 3.88. The highest BCUT2D eigenvalue weighted by atomic mass is 16.5. The zero-order chi connectivity index (χ0) is 18.2. The van der Waals surface area contributed by atoms with E-state index in [2.05, 4.69) is 15.2 Å². The van der Waals surface area contributed by atoms with E-state index in [1.54, 1.807) is 17.1 Å². The molecule has 0 unspecified atom stereocenters. The van der Waals surface area contributed by atoms with Gasteiger partial charge in [0.2, 0.25) is 0 Å². The van der Waals surface area contributed by atoms with Gasteiger partial charge in [-0.2, -0.15) is 5.10 Å². The molecule has 2 bridgehead atoms. The van der Waals surface area contributed by atoms with Crippen LogP contribution in [0.25, 0.3) is 5.69 Å². The number of nitrogens with zero attached hydrogens (tertiary/aromatic N) is 5. The lowest BCUT2D eigenvalue weighted by Crippen LogP contribution is -2.37. The van der Waals surface area contributed by atoms with Gasteiger partial charge in [-0.3, -0.25) is 4.79 Å².